The van der Waals surface area contributed by atoms with Crippen LogP contribution in [0.2, 0.25) is 0 Å². The summed E-state index contributed by atoms with van der Waals surface area (Å²) in [6, 6.07) is 7.17. The Morgan fingerprint density at radius 2 is 2.12 bits per heavy atom. The van der Waals surface area contributed by atoms with Crippen LogP contribution in [-0.4, -0.2) is 62.7 Å². The second-order valence-corrected chi connectivity index (χ2v) is 6.02. The van der Waals surface area contributed by atoms with E-state index in [1.165, 1.54) is 0 Å². The molecular weight excluding hydrogens is 322 g/mol. The topological polar surface area (TPSA) is 79.9 Å². The number of hydrogen-bond donors (Lipinski definition) is 2. The molecule has 1 atom stereocenters. The first kappa shape index (κ1) is 19.2. The Balaban J connectivity index is 1.75. The van der Waals surface area contributed by atoms with Crippen LogP contribution in [0.1, 0.15) is 19.8 Å². The molecule has 0 aromatic heterocycles. The Morgan fingerprint density at radius 3 is 2.80 bits per heavy atom. The van der Waals surface area contributed by atoms with Gasteiger partial charge in [0.1, 0.15) is 5.75 Å². The predicted molar refractivity (Wildman–Crippen MR) is 95.7 cm³/mol. The first-order valence-electron chi connectivity index (χ1n) is 8.65. The van der Waals surface area contributed by atoms with Crippen molar-refractivity contribution in [3.8, 4) is 5.75 Å². The van der Waals surface area contributed by atoms with Gasteiger partial charge in [0.25, 0.3) is 0 Å². The number of carbonyl (C=O) groups is 2. The van der Waals surface area contributed by atoms with Crippen molar-refractivity contribution in [2.75, 3.05) is 45.2 Å². The van der Waals surface area contributed by atoms with Gasteiger partial charge in [-0.3, -0.25) is 14.5 Å². The summed E-state index contributed by atoms with van der Waals surface area (Å²) in [5, 5.41) is 5.69. The largest absolute Gasteiger partial charge is 0.497 e. The van der Waals surface area contributed by atoms with Gasteiger partial charge in [0, 0.05) is 24.9 Å². The summed E-state index contributed by atoms with van der Waals surface area (Å²) in [4.78, 5) is 26.0. The van der Waals surface area contributed by atoms with E-state index in [-0.39, 0.29) is 31.0 Å². The van der Waals surface area contributed by atoms with Crippen LogP contribution >= 0.6 is 0 Å². The zero-order chi connectivity index (χ0) is 18.1. The van der Waals surface area contributed by atoms with Crippen molar-refractivity contribution in [2.45, 2.75) is 25.9 Å². The number of benzene rings is 1. The molecule has 0 bridgehead atoms. The van der Waals surface area contributed by atoms with Gasteiger partial charge in [0.15, 0.2) is 0 Å². The first-order valence-corrected chi connectivity index (χ1v) is 8.65. The van der Waals surface area contributed by atoms with Gasteiger partial charge >= 0.3 is 0 Å². The lowest BCUT2D eigenvalue weighted by Gasteiger charge is -2.20. The van der Waals surface area contributed by atoms with Gasteiger partial charge in [0.05, 0.1) is 26.3 Å². The highest BCUT2D eigenvalue weighted by atomic mass is 16.5. The molecule has 1 fully saturated rings. The van der Waals surface area contributed by atoms with Gasteiger partial charge in [-0.25, -0.2) is 0 Å². The molecule has 0 radical (unpaired) electrons. The minimum absolute atomic E-state index is 0.0912. The molecule has 1 aromatic carbocycles. The van der Waals surface area contributed by atoms with Crippen molar-refractivity contribution in [1.29, 1.82) is 0 Å². The zero-order valence-corrected chi connectivity index (χ0v) is 14.9. The number of likely N-dealkylation sites (N-methyl/N-ethyl adjacent to an activating group) is 1. The van der Waals surface area contributed by atoms with E-state index < -0.39 is 0 Å². The van der Waals surface area contributed by atoms with Crippen molar-refractivity contribution >= 4 is 17.5 Å². The average Bonchev–Trinajstić information content (AvgIpc) is 3.13. The lowest BCUT2D eigenvalue weighted by atomic mass is 10.2. The molecule has 2 rings (SSSR count). The van der Waals surface area contributed by atoms with Crippen molar-refractivity contribution in [2.24, 2.45) is 0 Å². The van der Waals surface area contributed by atoms with Crippen LogP contribution in [0.3, 0.4) is 0 Å². The fourth-order valence-corrected chi connectivity index (χ4v) is 2.68. The average molecular weight is 349 g/mol. The molecule has 1 saturated heterocycles. The maximum Gasteiger partial charge on any atom is 0.238 e. The SMILES string of the molecule is CCN(CC(=O)NC[C@@H]1CCCO1)CC(=O)Nc1cccc(OC)c1. The third kappa shape index (κ3) is 6.72. The molecule has 0 unspecified atom stereocenters. The summed E-state index contributed by atoms with van der Waals surface area (Å²) in [5.74, 6) is 0.423. The van der Waals surface area contributed by atoms with Crippen LogP contribution < -0.4 is 15.4 Å². The molecule has 2 amide bonds. The number of amides is 2. The van der Waals surface area contributed by atoms with E-state index in [4.69, 9.17) is 9.47 Å². The highest BCUT2D eigenvalue weighted by Crippen LogP contribution is 2.16. The molecule has 7 heteroatoms. The van der Waals surface area contributed by atoms with Crippen LogP contribution in [0.5, 0.6) is 5.75 Å². The van der Waals surface area contributed by atoms with Crippen molar-refractivity contribution < 1.29 is 19.1 Å². The lowest BCUT2D eigenvalue weighted by molar-refractivity contribution is -0.123. The summed E-state index contributed by atoms with van der Waals surface area (Å²) in [7, 11) is 1.58. The number of nitrogens with one attached hydrogen (secondary N) is 2. The van der Waals surface area contributed by atoms with Crippen LogP contribution in [0.15, 0.2) is 24.3 Å². The van der Waals surface area contributed by atoms with Gasteiger partial charge in [-0.1, -0.05) is 13.0 Å². The smallest absolute Gasteiger partial charge is 0.238 e. The molecule has 0 spiro atoms. The highest BCUT2D eigenvalue weighted by molar-refractivity contribution is 5.92. The standard InChI is InChI=1S/C18H27N3O4/c1-3-21(12-17(22)19-11-16-8-5-9-25-16)13-18(23)20-14-6-4-7-15(10-14)24-2/h4,6-7,10,16H,3,5,8-9,11-13H2,1-2H3,(H,19,22)(H,20,23)/t16-/m0/s1. The summed E-state index contributed by atoms with van der Waals surface area (Å²) in [6.07, 6.45) is 2.16. The summed E-state index contributed by atoms with van der Waals surface area (Å²) >= 11 is 0. The quantitative estimate of drug-likeness (QED) is 0.701. The number of rotatable bonds is 9. The van der Waals surface area contributed by atoms with E-state index in [0.717, 1.165) is 19.4 Å². The second kappa shape index (κ2) is 10.0. The third-order valence-electron chi connectivity index (χ3n) is 4.09. The highest BCUT2D eigenvalue weighted by Gasteiger charge is 2.18. The van der Waals surface area contributed by atoms with Gasteiger partial charge in [-0.2, -0.15) is 0 Å². The third-order valence-corrected chi connectivity index (χ3v) is 4.09. The summed E-state index contributed by atoms with van der Waals surface area (Å²) in [6.45, 7) is 4.18. The number of hydrogen-bond acceptors (Lipinski definition) is 5. The van der Waals surface area contributed by atoms with Crippen LogP contribution in [0.4, 0.5) is 5.69 Å². The number of methoxy groups -OCH3 is 1. The number of anilines is 1. The normalized spacial score (nSPS) is 16.7. The molecule has 1 aliphatic heterocycles. The van der Waals surface area contributed by atoms with Crippen LogP contribution in [-0.2, 0) is 14.3 Å². The number of ether oxygens (including phenoxy) is 2. The van der Waals surface area contributed by atoms with Crippen molar-refractivity contribution in [3.63, 3.8) is 0 Å². The van der Waals surface area contributed by atoms with Crippen LogP contribution in [0.25, 0.3) is 0 Å². The molecule has 138 valence electrons. The van der Waals surface area contributed by atoms with Gasteiger partial charge in [0.2, 0.25) is 11.8 Å². The molecule has 0 aliphatic carbocycles. The fraction of sp³-hybridized carbons (Fsp3) is 0.556. The molecular formula is C18H27N3O4. The van der Waals surface area contributed by atoms with E-state index in [0.29, 0.717) is 24.5 Å². The molecule has 2 N–H and O–H groups in total. The Morgan fingerprint density at radius 1 is 1.32 bits per heavy atom. The predicted octanol–water partition coefficient (Wildman–Crippen LogP) is 1.25. The minimum Gasteiger partial charge on any atom is -0.497 e. The van der Waals surface area contributed by atoms with E-state index in [1.807, 2.05) is 19.1 Å². The lowest BCUT2D eigenvalue weighted by Crippen LogP contribution is -2.42. The minimum atomic E-state index is -0.165. The number of carbonyl (C=O) groups excluding carboxylic acids is 2. The number of nitrogens with zero attached hydrogens (tertiary/aromatic N) is 1. The maximum absolute atomic E-state index is 12.2. The summed E-state index contributed by atoms with van der Waals surface area (Å²) < 4.78 is 10.6. The van der Waals surface area contributed by atoms with E-state index in [1.54, 1.807) is 24.1 Å². The van der Waals surface area contributed by atoms with E-state index >= 15 is 0 Å². The Bertz CT molecular complexity index is 573. The van der Waals surface area contributed by atoms with Gasteiger partial charge in [-0.15, -0.1) is 0 Å². The van der Waals surface area contributed by atoms with E-state index in [2.05, 4.69) is 10.6 Å². The molecule has 1 heterocycles. The van der Waals surface area contributed by atoms with Crippen LogP contribution in [0, 0.1) is 0 Å². The van der Waals surface area contributed by atoms with E-state index in [9.17, 15) is 9.59 Å². The second-order valence-electron chi connectivity index (χ2n) is 6.02. The molecule has 1 aliphatic rings. The molecule has 1 aromatic rings. The van der Waals surface area contributed by atoms with Crippen molar-refractivity contribution in [1.82, 2.24) is 10.2 Å². The summed E-state index contributed by atoms with van der Waals surface area (Å²) in [5.41, 5.74) is 0.670. The Labute approximate surface area is 148 Å². The first-order chi connectivity index (χ1) is 12.1. The zero-order valence-electron chi connectivity index (χ0n) is 14.9. The molecule has 7 nitrogen and oxygen atoms in total. The van der Waals surface area contributed by atoms with Gasteiger partial charge < -0.3 is 20.1 Å². The van der Waals surface area contributed by atoms with Gasteiger partial charge in [-0.05, 0) is 31.5 Å². The monoisotopic (exact) mass is 349 g/mol. The van der Waals surface area contributed by atoms with Crippen molar-refractivity contribution in [3.05, 3.63) is 24.3 Å². The molecule has 0 saturated carbocycles. The maximum atomic E-state index is 12.2. The molecule has 25 heavy (non-hydrogen) atoms. The Kier molecular flexibility index (Phi) is 7.69. The Hall–Kier alpha value is -2.12. The fourth-order valence-electron chi connectivity index (χ4n) is 2.68.